The van der Waals surface area contributed by atoms with Crippen molar-refractivity contribution >= 4 is 24.2 Å². The molecule has 0 aliphatic rings. The molecule has 0 saturated carbocycles. The van der Waals surface area contributed by atoms with Gasteiger partial charge in [-0.15, -0.1) is 0 Å². The SMILES string of the molecule is Cc1nn([C@H](CC(=O)c2ccccc2)c2ccccc2)c(=S)n1/N=C/c1ccccc1O. The highest BCUT2D eigenvalue weighted by atomic mass is 32.1. The molecule has 0 aliphatic heterocycles. The highest BCUT2D eigenvalue weighted by Gasteiger charge is 2.22. The topological polar surface area (TPSA) is 72.4 Å². The second kappa shape index (κ2) is 9.53. The molecule has 0 bridgehead atoms. The Labute approximate surface area is 191 Å². The molecular weight excluding hydrogens is 420 g/mol. The van der Waals surface area contributed by atoms with Crippen molar-refractivity contribution in [2.24, 2.45) is 5.10 Å². The van der Waals surface area contributed by atoms with Crippen LogP contribution in [0.2, 0.25) is 0 Å². The van der Waals surface area contributed by atoms with E-state index in [-0.39, 0.29) is 24.0 Å². The molecular formula is C25H22N4O2S. The highest BCUT2D eigenvalue weighted by molar-refractivity contribution is 7.71. The van der Waals surface area contributed by atoms with Crippen LogP contribution in [0, 0.1) is 11.7 Å². The van der Waals surface area contributed by atoms with Crippen LogP contribution < -0.4 is 0 Å². The van der Waals surface area contributed by atoms with Crippen LogP contribution in [0.5, 0.6) is 5.75 Å². The molecule has 4 aromatic rings. The maximum absolute atomic E-state index is 13.0. The lowest BCUT2D eigenvalue weighted by atomic mass is 9.98. The Hall–Kier alpha value is -3.84. The van der Waals surface area contributed by atoms with Gasteiger partial charge in [-0.25, -0.2) is 4.68 Å². The average Bonchev–Trinajstić information content (AvgIpc) is 3.11. The van der Waals surface area contributed by atoms with Crippen LogP contribution >= 0.6 is 12.2 Å². The van der Waals surface area contributed by atoms with Gasteiger partial charge in [0.1, 0.15) is 5.75 Å². The number of carbonyl (C=O) groups is 1. The third-order valence-corrected chi connectivity index (χ3v) is 5.50. The first-order valence-electron chi connectivity index (χ1n) is 10.2. The van der Waals surface area contributed by atoms with E-state index in [2.05, 4.69) is 10.2 Å². The summed E-state index contributed by atoms with van der Waals surface area (Å²) in [6.07, 6.45) is 1.75. The Bertz CT molecular complexity index is 1310. The summed E-state index contributed by atoms with van der Waals surface area (Å²) in [6, 6.07) is 25.5. The molecule has 0 radical (unpaired) electrons. The number of carbonyl (C=O) groups excluding carboxylic acids is 1. The van der Waals surface area contributed by atoms with Gasteiger partial charge in [0.2, 0.25) is 4.77 Å². The molecule has 0 aliphatic carbocycles. The van der Waals surface area contributed by atoms with E-state index in [4.69, 9.17) is 12.2 Å². The lowest BCUT2D eigenvalue weighted by Crippen LogP contribution is -2.17. The second-order valence-corrected chi connectivity index (χ2v) is 7.67. The van der Waals surface area contributed by atoms with Crippen LogP contribution in [-0.2, 0) is 0 Å². The fraction of sp³-hybridized carbons (Fsp3) is 0.120. The van der Waals surface area contributed by atoms with Gasteiger partial charge in [-0.3, -0.25) is 4.79 Å². The maximum atomic E-state index is 13.0. The van der Waals surface area contributed by atoms with Crippen LogP contribution in [0.1, 0.15) is 39.8 Å². The van der Waals surface area contributed by atoms with E-state index < -0.39 is 0 Å². The number of Topliss-reactive ketones (excluding diaryl/α,β-unsaturated/α-hetero) is 1. The van der Waals surface area contributed by atoms with Gasteiger partial charge in [0.15, 0.2) is 11.6 Å². The van der Waals surface area contributed by atoms with Crippen molar-refractivity contribution in [1.82, 2.24) is 14.5 Å². The molecule has 3 aromatic carbocycles. The number of phenols is 1. The Morgan fingerprint density at radius 3 is 2.34 bits per heavy atom. The number of rotatable bonds is 7. The monoisotopic (exact) mass is 442 g/mol. The number of aromatic nitrogens is 3. The number of hydrogen-bond acceptors (Lipinski definition) is 5. The molecule has 0 fully saturated rings. The minimum absolute atomic E-state index is 0.00580. The summed E-state index contributed by atoms with van der Waals surface area (Å²) in [6.45, 7) is 1.80. The van der Waals surface area contributed by atoms with E-state index in [1.54, 1.807) is 29.8 Å². The van der Waals surface area contributed by atoms with Crippen LogP contribution in [0.4, 0.5) is 0 Å². The summed E-state index contributed by atoms with van der Waals surface area (Å²) < 4.78 is 3.57. The number of aryl methyl sites for hydroxylation is 1. The fourth-order valence-corrected chi connectivity index (χ4v) is 3.81. The van der Waals surface area contributed by atoms with Gasteiger partial charge in [-0.05, 0) is 36.8 Å². The maximum Gasteiger partial charge on any atom is 0.219 e. The molecule has 0 unspecified atom stereocenters. The van der Waals surface area contributed by atoms with E-state index in [0.29, 0.717) is 21.7 Å². The summed E-state index contributed by atoms with van der Waals surface area (Å²) in [5.74, 6) is 0.712. The summed E-state index contributed by atoms with van der Waals surface area (Å²) in [5, 5.41) is 19.0. The largest absolute Gasteiger partial charge is 0.507 e. The van der Waals surface area contributed by atoms with Crippen LogP contribution in [-0.4, -0.2) is 31.6 Å². The molecule has 7 heteroatoms. The molecule has 0 saturated heterocycles. The van der Waals surface area contributed by atoms with Gasteiger partial charge in [-0.1, -0.05) is 72.8 Å². The van der Waals surface area contributed by atoms with E-state index in [0.717, 1.165) is 5.56 Å². The standard InChI is InChI=1S/C25H22N4O2S/c1-18-27-29(25(32)28(18)26-17-21-14-8-9-15-23(21)30)22(19-10-4-2-5-11-19)16-24(31)20-12-6-3-7-13-20/h2-15,17,22,30H,16H2,1H3/b26-17+/t22-/m1/s1. The number of ketones is 1. The van der Waals surface area contributed by atoms with Crippen molar-refractivity contribution in [3.8, 4) is 5.75 Å². The molecule has 6 nitrogen and oxygen atoms in total. The lowest BCUT2D eigenvalue weighted by molar-refractivity contribution is 0.0967. The van der Waals surface area contributed by atoms with E-state index in [9.17, 15) is 9.90 Å². The van der Waals surface area contributed by atoms with Gasteiger partial charge >= 0.3 is 0 Å². The number of phenolic OH excluding ortho intramolecular Hbond substituents is 1. The zero-order chi connectivity index (χ0) is 22.5. The minimum Gasteiger partial charge on any atom is -0.507 e. The van der Waals surface area contributed by atoms with E-state index in [1.165, 1.54) is 10.9 Å². The third-order valence-electron chi connectivity index (χ3n) is 5.14. The second-order valence-electron chi connectivity index (χ2n) is 7.31. The molecule has 0 spiro atoms. The van der Waals surface area contributed by atoms with Gasteiger partial charge < -0.3 is 5.11 Å². The van der Waals surface area contributed by atoms with Gasteiger partial charge in [0.25, 0.3) is 0 Å². The van der Waals surface area contributed by atoms with Crippen molar-refractivity contribution in [2.75, 3.05) is 0 Å². The van der Waals surface area contributed by atoms with Crippen molar-refractivity contribution in [3.05, 3.63) is 112 Å². The highest BCUT2D eigenvalue weighted by Crippen LogP contribution is 2.25. The summed E-state index contributed by atoms with van der Waals surface area (Å²) in [7, 11) is 0. The fourth-order valence-electron chi connectivity index (χ4n) is 3.47. The number of nitrogens with zero attached hydrogens (tertiary/aromatic N) is 4. The van der Waals surface area contributed by atoms with Gasteiger partial charge in [0, 0.05) is 17.5 Å². The Morgan fingerprint density at radius 2 is 1.66 bits per heavy atom. The Balaban J connectivity index is 1.72. The Kier molecular flexibility index (Phi) is 6.37. The molecule has 4 rings (SSSR count). The van der Waals surface area contributed by atoms with Crippen molar-refractivity contribution in [2.45, 2.75) is 19.4 Å². The smallest absolute Gasteiger partial charge is 0.219 e. The lowest BCUT2D eigenvalue weighted by Gasteiger charge is -2.17. The molecule has 160 valence electrons. The minimum atomic E-state index is -0.378. The Morgan fingerprint density at radius 1 is 1.03 bits per heavy atom. The quantitative estimate of drug-likeness (QED) is 0.243. The van der Waals surface area contributed by atoms with Crippen LogP contribution in [0.25, 0.3) is 0 Å². The van der Waals surface area contributed by atoms with Gasteiger partial charge in [0.05, 0.1) is 12.3 Å². The third kappa shape index (κ3) is 4.58. The first-order valence-corrected chi connectivity index (χ1v) is 10.6. The molecule has 1 heterocycles. The van der Waals surface area contributed by atoms with Crippen molar-refractivity contribution in [3.63, 3.8) is 0 Å². The molecule has 1 atom stereocenters. The predicted molar refractivity (Wildman–Crippen MR) is 127 cm³/mol. The van der Waals surface area contributed by atoms with Crippen molar-refractivity contribution < 1.29 is 9.90 Å². The number of hydrogen-bond donors (Lipinski definition) is 1. The molecule has 32 heavy (non-hydrogen) atoms. The number of benzene rings is 3. The molecule has 0 amide bonds. The zero-order valence-electron chi connectivity index (χ0n) is 17.5. The predicted octanol–water partition coefficient (Wildman–Crippen LogP) is 5.17. The molecule has 1 aromatic heterocycles. The zero-order valence-corrected chi connectivity index (χ0v) is 18.3. The molecule has 1 N–H and O–H groups in total. The summed E-state index contributed by atoms with van der Waals surface area (Å²) in [4.78, 5) is 13.0. The van der Waals surface area contributed by atoms with Crippen molar-refractivity contribution in [1.29, 1.82) is 0 Å². The first kappa shape index (κ1) is 21.4. The average molecular weight is 443 g/mol. The number of para-hydroxylation sites is 1. The van der Waals surface area contributed by atoms with E-state index >= 15 is 0 Å². The van der Waals surface area contributed by atoms with Gasteiger partial charge in [-0.2, -0.15) is 14.9 Å². The number of aromatic hydroxyl groups is 1. The van der Waals surface area contributed by atoms with Crippen LogP contribution in [0.3, 0.4) is 0 Å². The summed E-state index contributed by atoms with van der Waals surface area (Å²) >= 11 is 5.68. The van der Waals surface area contributed by atoms with E-state index in [1.807, 2.05) is 66.7 Å². The summed E-state index contributed by atoms with van der Waals surface area (Å²) in [5.41, 5.74) is 2.15. The van der Waals surface area contributed by atoms with Crippen LogP contribution in [0.15, 0.2) is 90.0 Å². The first-order chi connectivity index (χ1) is 15.5. The normalized spacial score (nSPS) is 12.2.